The molecule has 0 aromatic heterocycles. The first-order valence-electron chi connectivity index (χ1n) is 7.04. The van der Waals surface area contributed by atoms with Crippen LogP contribution in [0.4, 0.5) is 4.39 Å². The van der Waals surface area contributed by atoms with Crippen molar-refractivity contribution in [2.75, 3.05) is 40.4 Å². The molecule has 1 amide bonds. The zero-order chi connectivity index (χ0) is 15.2. The molecule has 1 fully saturated rings. The molecule has 0 spiro atoms. The van der Waals surface area contributed by atoms with Crippen LogP contribution >= 0.6 is 0 Å². The van der Waals surface area contributed by atoms with E-state index in [9.17, 15) is 9.18 Å². The third kappa shape index (κ3) is 3.85. The lowest BCUT2D eigenvalue weighted by atomic mass is 10.1. The second-order valence-electron chi connectivity index (χ2n) is 4.93. The van der Waals surface area contributed by atoms with Gasteiger partial charge in [0.2, 0.25) is 5.91 Å². The molecule has 1 aromatic carbocycles. The van der Waals surface area contributed by atoms with E-state index in [2.05, 4.69) is 5.32 Å². The maximum atomic E-state index is 14.0. The predicted molar refractivity (Wildman–Crippen MR) is 77.3 cm³/mol. The van der Waals surface area contributed by atoms with E-state index in [-0.39, 0.29) is 11.7 Å². The van der Waals surface area contributed by atoms with E-state index in [4.69, 9.17) is 9.47 Å². The van der Waals surface area contributed by atoms with Gasteiger partial charge in [0, 0.05) is 38.7 Å². The number of amides is 1. The molecule has 1 N–H and O–H groups in total. The minimum atomic E-state index is -0.374. The fraction of sp³-hybridized carbons (Fsp3) is 0.533. The molecule has 21 heavy (non-hydrogen) atoms. The Morgan fingerprint density at radius 3 is 2.48 bits per heavy atom. The van der Waals surface area contributed by atoms with Crippen molar-refractivity contribution in [3.8, 4) is 11.5 Å². The molecule has 1 aromatic rings. The van der Waals surface area contributed by atoms with Gasteiger partial charge in [-0.05, 0) is 18.1 Å². The van der Waals surface area contributed by atoms with Gasteiger partial charge in [-0.1, -0.05) is 0 Å². The zero-order valence-corrected chi connectivity index (χ0v) is 12.4. The van der Waals surface area contributed by atoms with Gasteiger partial charge in [0.05, 0.1) is 14.2 Å². The zero-order valence-electron chi connectivity index (χ0n) is 12.4. The second-order valence-corrected chi connectivity index (χ2v) is 4.93. The fourth-order valence-corrected chi connectivity index (χ4v) is 2.40. The molecule has 0 bridgehead atoms. The number of aryl methyl sites for hydroxylation is 1. The van der Waals surface area contributed by atoms with Crippen LogP contribution in [0, 0.1) is 5.82 Å². The van der Waals surface area contributed by atoms with Crippen LogP contribution in [0.15, 0.2) is 12.1 Å². The van der Waals surface area contributed by atoms with E-state index >= 15 is 0 Å². The van der Waals surface area contributed by atoms with Crippen molar-refractivity contribution in [2.45, 2.75) is 12.8 Å². The number of rotatable bonds is 5. The molecule has 1 heterocycles. The smallest absolute Gasteiger partial charge is 0.222 e. The van der Waals surface area contributed by atoms with Crippen molar-refractivity contribution in [1.29, 1.82) is 0 Å². The van der Waals surface area contributed by atoms with Crippen LogP contribution in [-0.4, -0.2) is 51.2 Å². The van der Waals surface area contributed by atoms with Gasteiger partial charge < -0.3 is 19.7 Å². The number of nitrogens with one attached hydrogen (secondary N) is 1. The largest absolute Gasteiger partial charge is 0.493 e. The van der Waals surface area contributed by atoms with E-state index in [1.165, 1.54) is 20.3 Å². The maximum Gasteiger partial charge on any atom is 0.222 e. The van der Waals surface area contributed by atoms with Crippen LogP contribution in [-0.2, 0) is 11.2 Å². The third-order valence-electron chi connectivity index (χ3n) is 3.63. The molecule has 5 nitrogen and oxygen atoms in total. The lowest BCUT2D eigenvalue weighted by Gasteiger charge is -2.27. The Morgan fingerprint density at radius 2 is 1.86 bits per heavy atom. The van der Waals surface area contributed by atoms with Crippen LogP contribution < -0.4 is 14.8 Å². The SMILES string of the molecule is COc1cc(F)c(CCC(=O)N2CCNCC2)cc1OC. The predicted octanol–water partition coefficient (Wildman–Crippen LogP) is 1.21. The summed E-state index contributed by atoms with van der Waals surface area (Å²) in [6, 6.07) is 2.89. The summed E-state index contributed by atoms with van der Waals surface area (Å²) in [6.45, 7) is 3.06. The van der Waals surface area contributed by atoms with Crippen LogP contribution in [0.5, 0.6) is 11.5 Å². The number of benzene rings is 1. The molecule has 1 aliphatic heterocycles. The molecule has 0 unspecified atom stereocenters. The van der Waals surface area contributed by atoms with E-state index < -0.39 is 0 Å². The summed E-state index contributed by atoms with van der Waals surface area (Å²) in [5, 5.41) is 3.20. The molecule has 1 aliphatic rings. The molecule has 6 heteroatoms. The summed E-state index contributed by atoms with van der Waals surface area (Å²) in [5.41, 5.74) is 0.469. The number of halogens is 1. The van der Waals surface area contributed by atoms with Crippen molar-refractivity contribution >= 4 is 5.91 Å². The van der Waals surface area contributed by atoms with Gasteiger partial charge in [-0.2, -0.15) is 0 Å². The van der Waals surface area contributed by atoms with Gasteiger partial charge in [-0.3, -0.25) is 4.79 Å². The van der Waals surface area contributed by atoms with Crippen molar-refractivity contribution in [1.82, 2.24) is 10.2 Å². The standard InChI is InChI=1S/C15H21FN2O3/c1-20-13-9-11(12(16)10-14(13)21-2)3-4-15(19)18-7-5-17-6-8-18/h9-10,17H,3-8H2,1-2H3. The van der Waals surface area contributed by atoms with Gasteiger partial charge in [-0.15, -0.1) is 0 Å². The van der Waals surface area contributed by atoms with Crippen molar-refractivity contribution in [3.63, 3.8) is 0 Å². The minimum Gasteiger partial charge on any atom is -0.493 e. The van der Waals surface area contributed by atoms with Crippen LogP contribution in [0.1, 0.15) is 12.0 Å². The first-order chi connectivity index (χ1) is 10.2. The van der Waals surface area contributed by atoms with Gasteiger partial charge >= 0.3 is 0 Å². The Hall–Kier alpha value is -1.82. The molecule has 0 atom stereocenters. The van der Waals surface area contributed by atoms with Crippen LogP contribution in [0.2, 0.25) is 0 Å². The molecule has 116 valence electrons. The number of carbonyl (C=O) groups excluding carboxylic acids is 1. The van der Waals surface area contributed by atoms with Crippen molar-refractivity contribution in [3.05, 3.63) is 23.5 Å². The maximum absolute atomic E-state index is 14.0. The normalized spacial score (nSPS) is 14.9. The highest BCUT2D eigenvalue weighted by atomic mass is 19.1. The number of methoxy groups -OCH3 is 2. The summed E-state index contributed by atoms with van der Waals surface area (Å²) in [5.74, 6) is 0.516. The van der Waals surface area contributed by atoms with Gasteiger partial charge in [0.15, 0.2) is 11.5 Å². The highest BCUT2D eigenvalue weighted by Crippen LogP contribution is 2.30. The number of nitrogens with zero attached hydrogens (tertiary/aromatic N) is 1. The Bertz CT molecular complexity index is 502. The molecular formula is C15H21FN2O3. The molecule has 2 rings (SSSR count). The summed E-state index contributed by atoms with van der Waals surface area (Å²) >= 11 is 0. The van der Waals surface area contributed by atoms with Crippen molar-refractivity contribution < 1.29 is 18.7 Å². The number of hydrogen-bond acceptors (Lipinski definition) is 4. The topological polar surface area (TPSA) is 50.8 Å². The van der Waals surface area contributed by atoms with Crippen LogP contribution in [0.25, 0.3) is 0 Å². The Balaban J connectivity index is 2.00. The monoisotopic (exact) mass is 296 g/mol. The first-order valence-corrected chi connectivity index (χ1v) is 7.04. The Labute approximate surface area is 124 Å². The summed E-state index contributed by atoms with van der Waals surface area (Å²) < 4.78 is 24.2. The van der Waals surface area contributed by atoms with E-state index in [1.54, 1.807) is 6.07 Å². The average Bonchev–Trinajstić information content (AvgIpc) is 2.53. The quantitative estimate of drug-likeness (QED) is 0.887. The number of ether oxygens (including phenoxy) is 2. The van der Waals surface area contributed by atoms with Crippen molar-refractivity contribution in [2.24, 2.45) is 0 Å². The highest BCUT2D eigenvalue weighted by Gasteiger charge is 2.17. The summed E-state index contributed by atoms with van der Waals surface area (Å²) in [4.78, 5) is 13.9. The third-order valence-corrected chi connectivity index (χ3v) is 3.63. The van der Waals surface area contributed by atoms with Gasteiger partial charge in [0.25, 0.3) is 0 Å². The van der Waals surface area contributed by atoms with E-state index in [0.29, 0.717) is 43.0 Å². The lowest BCUT2D eigenvalue weighted by Crippen LogP contribution is -2.46. The Kier molecular flexibility index (Phi) is 5.38. The molecule has 0 saturated carbocycles. The van der Waals surface area contributed by atoms with E-state index in [0.717, 1.165) is 13.1 Å². The number of hydrogen-bond donors (Lipinski definition) is 1. The molecule has 1 saturated heterocycles. The average molecular weight is 296 g/mol. The number of carbonyl (C=O) groups is 1. The second kappa shape index (κ2) is 7.26. The molecule has 0 aliphatic carbocycles. The number of piperazine rings is 1. The minimum absolute atomic E-state index is 0.0608. The lowest BCUT2D eigenvalue weighted by molar-refractivity contribution is -0.131. The molecule has 0 radical (unpaired) electrons. The Morgan fingerprint density at radius 1 is 1.24 bits per heavy atom. The highest BCUT2D eigenvalue weighted by molar-refractivity contribution is 5.76. The van der Waals surface area contributed by atoms with Crippen LogP contribution in [0.3, 0.4) is 0 Å². The summed E-state index contributed by atoms with van der Waals surface area (Å²) in [6.07, 6.45) is 0.654. The molecular weight excluding hydrogens is 275 g/mol. The van der Waals surface area contributed by atoms with Gasteiger partial charge in [-0.25, -0.2) is 4.39 Å². The fourth-order valence-electron chi connectivity index (χ4n) is 2.40. The summed E-state index contributed by atoms with van der Waals surface area (Å²) in [7, 11) is 2.97. The van der Waals surface area contributed by atoms with E-state index in [1.807, 2.05) is 4.90 Å². The van der Waals surface area contributed by atoms with Gasteiger partial charge in [0.1, 0.15) is 5.82 Å². The first kappa shape index (κ1) is 15.6.